The highest BCUT2D eigenvalue weighted by molar-refractivity contribution is 7.89. The molecule has 1 saturated heterocycles. The maximum absolute atomic E-state index is 13.6. The molecular formula is C20H23FN2O4S. The third kappa shape index (κ3) is 4.34. The van der Waals surface area contributed by atoms with Crippen LogP contribution in [0.5, 0.6) is 5.75 Å². The van der Waals surface area contributed by atoms with Crippen LogP contribution in [0.3, 0.4) is 0 Å². The number of halogens is 1. The molecule has 0 radical (unpaired) electrons. The lowest BCUT2D eigenvalue weighted by Gasteiger charge is -2.30. The van der Waals surface area contributed by atoms with Gasteiger partial charge in [-0.25, -0.2) is 12.8 Å². The van der Waals surface area contributed by atoms with E-state index in [0.29, 0.717) is 29.8 Å². The van der Waals surface area contributed by atoms with E-state index in [-0.39, 0.29) is 35.6 Å². The lowest BCUT2D eigenvalue weighted by molar-refractivity contribution is -0.120. The molecule has 150 valence electrons. The van der Waals surface area contributed by atoms with Crippen LogP contribution in [-0.2, 0) is 14.8 Å². The first-order chi connectivity index (χ1) is 13.3. The molecule has 1 amide bonds. The molecule has 1 fully saturated rings. The molecule has 1 heterocycles. The van der Waals surface area contributed by atoms with E-state index in [1.54, 1.807) is 31.2 Å². The molecule has 0 saturated carbocycles. The monoisotopic (exact) mass is 406 g/mol. The summed E-state index contributed by atoms with van der Waals surface area (Å²) in [6.45, 7) is 2.17. The number of hydrogen-bond donors (Lipinski definition) is 1. The molecule has 1 aliphatic rings. The Kier molecular flexibility index (Phi) is 6.00. The zero-order chi connectivity index (χ0) is 20.3. The zero-order valence-corrected chi connectivity index (χ0v) is 16.6. The van der Waals surface area contributed by atoms with Gasteiger partial charge in [-0.3, -0.25) is 4.79 Å². The van der Waals surface area contributed by atoms with Crippen LogP contribution in [0.1, 0.15) is 18.4 Å². The van der Waals surface area contributed by atoms with Crippen molar-refractivity contribution in [3.63, 3.8) is 0 Å². The van der Waals surface area contributed by atoms with Crippen molar-refractivity contribution in [2.75, 3.05) is 25.5 Å². The Bertz CT molecular complexity index is 953. The zero-order valence-electron chi connectivity index (χ0n) is 15.8. The van der Waals surface area contributed by atoms with Crippen LogP contribution in [0, 0.1) is 18.7 Å². The minimum Gasteiger partial charge on any atom is -0.497 e. The lowest BCUT2D eigenvalue weighted by atomic mass is 9.97. The van der Waals surface area contributed by atoms with Gasteiger partial charge >= 0.3 is 0 Å². The molecule has 0 aliphatic carbocycles. The van der Waals surface area contributed by atoms with Gasteiger partial charge < -0.3 is 10.1 Å². The second kappa shape index (κ2) is 8.28. The molecule has 2 aromatic carbocycles. The number of amides is 1. The van der Waals surface area contributed by atoms with E-state index in [2.05, 4.69) is 5.32 Å². The predicted octanol–water partition coefficient (Wildman–Crippen LogP) is 3.18. The maximum Gasteiger partial charge on any atom is 0.243 e. The number of carbonyl (C=O) groups is 1. The standard InChI is InChI=1S/C20H23FN2O4S/c1-14-3-4-16(13-19(14)21)22-20(24)15-9-11-23(12-10-15)28(25,26)18-7-5-17(27-2)6-8-18/h3-8,13,15H,9-12H2,1-2H3,(H,22,24). The highest BCUT2D eigenvalue weighted by Crippen LogP contribution is 2.26. The minimum atomic E-state index is -3.61. The average Bonchev–Trinajstić information content (AvgIpc) is 2.71. The number of aryl methyl sites for hydroxylation is 1. The van der Waals surface area contributed by atoms with E-state index in [4.69, 9.17) is 4.74 Å². The number of rotatable bonds is 5. The molecule has 1 aliphatic heterocycles. The smallest absolute Gasteiger partial charge is 0.243 e. The summed E-state index contributed by atoms with van der Waals surface area (Å²) in [5.74, 6) is -0.323. The number of ether oxygens (including phenoxy) is 1. The number of nitrogens with zero attached hydrogens (tertiary/aromatic N) is 1. The van der Waals surface area contributed by atoms with E-state index < -0.39 is 10.0 Å². The number of piperidine rings is 1. The van der Waals surface area contributed by atoms with Crippen molar-refractivity contribution in [1.82, 2.24) is 4.31 Å². The number of methoxy groups -OCH3 is 1. The summed E-state index contributed by atoms with van der Waals surface area (Å²) in [5.41, 5.74) is 0.913. The molecule has 0 atom stereocenters. The molecule has 2 aromatic rings. The lowest BCUT2D eigenvalue weighted by Crippen LogP contribution is -2.41. The fourth-order valence-corrected chi connectivity index (χ4v) is 4.64. The topological polar surface area (TPSA) is 75.7 Å². The van der Waals surface area contributed by atoms with Crippen LogP contribution in [0.4, 0.5) is 10.1 Å². The van der Waals surface area contributed by atoms with Gasteiger partial charge in [-0.2, -0.15) is 4.31 Å². The second-order valence-electron chi connectivity index (χ2n) is 6.81. The normalized spacial score (nSPS) is 16.0. The van der Waals surface area contributed by atoms with Gasteiger partial charge in [0.2, 0.25) is 15.9 Å². The van der Waals surface area contributed by atoms with E-state index in [0.717, 1.165) is 0 Å². The number of sulfonamides is 1. The van der Waals surface area contributed by atoms with Crippen LogP contribution in [-0.4, -0.2) is 38.8 Å². The summed E-state index contributed by atoms with van der Waals surface area (Å²) in [7, 11) is -2.09. The summed E-state index contributed by atoms with van der Waals surface area (Å²) < 4.78 is 45.6. The Labute approximate surface area is 164 Å². The van der Waals surface area contributed by atoms with Crippen LogP contribution < -0.4 is 10.1 Å². The van der Waals surface area contributed by atoms with Gasteiger partial charge in [-0.15, -0.1) is 0 Å². The van der Waals surface area contributed by atoms with E-state index in [1.807, 2.05) is 0 Å². The van der Waals surface area contributed by atoms with Crippen molar-refractivity contribution in [2.24, 2.45) is 5.92 Å². The highest BCUT2D eigenvalue weighted by atomic mass is 32.2. The molecule has 0 bridgehead atoms. The van der Waals surface area contributed by atoms with Crippen molar-refractivity contribution < 1.29 is 22.3 Å². The highest BCUT2D eigenvalue weighted by Gasteiger charge is 2.32. The van der Waals surface area contributed by atoms with E-state index >= 15 is 0 Å². The fourth-order valence-electron chi connectivity index (χ4n) is 3.17. The third-order valence-electron chi connectivity index (χ3n) is 4.96. The first-order valence-corrected chi connectivity index (χ1v) is 10.5. The van der Waals surface area contributed by atoms with Gasteiger partial charge in [-0.05, 0) is 61.7 Å². The van der Waals surface area contributed by atoms with Crippen LogP contribution >= 0.6 is 0 Å². The maximum atomic E-state index is 13.6. The van der Waals surface area contributed by atoms with Crippen molar-refractivity contribution in [3.8, 4) is 5.75 Å². The largest absolute Gasteiger partial charge is 0.497 e. The van der Waals surface area contributed by atoms with Gasteiger partial charge in [-0.1, -0.05) is 6.07 Å². The first kappa shape index (κ1) is 20.3. The molecule has 0 aromatic heterocycles. The van der Waals surface area contributed by atoms with Gasteiger partial charge in [0.05, 0.1) is 12.0 Å². The number of nitrogens with one attached hydrogen (secondary N) is 1. The average molecular weight is 406 g/mol. The molecule has 8 heteroatoms. The van der Waals surface area contributed by atoms with Crippen molar-refractivity contribution in [3.05, 3.63) is 53.8 Å². The van der Waals surface area contributed by atoms with Crippen molar-refractivity contribution in [2.45, 2.75) is 24.7 Å². The molecule has 0 spiro atoms. The molecule has 0 unspecified atom stereocenters. The quantitative estimate of drug-likeness (QED) is 0.828. The predicted molar refractivity (Wildman–Crippen MR) is 104 cm³/mol. The van der Waals surface area contributed by atoms with Crippen molar-refractivity contribution in [1.29, 1.82) is 0 Å². The SMILES string of the molecule is COc1ccc(S(=O)(=O)N2CCC(C(=O)Nc3ccc(C)c(F)c3)CC2)cc1. The van der Waals surface area contributed by atoms with E-state index in [9.17, 15) is 17.6 Å². The van der Waals surface area contributed by atoms with Crippen molar-refractivity contribution >= 4 is 21.6 Å². The number of anilines is 1. The summed E-state index contributed by atoms with van der Waals surface area (Å²) in [6, 6.07) is 10.8. The van der Waals surface area contributed by atoms with Crippen LogP contribution in [0.15, 0.2) is 47.4 Å². The molecule has 1 N–H and O–H groups in total. The molecular weight excluding hydrogens is 383 g/mol. The summed E-state index contributed by atoms with van der Waals surface area (Å²) in [6.07, 6.45) is 0.825. The molecule has 6 nitrogen and oxygen atoms in total. The molecule has 3 rings (SSSR count). The Hall–Kier alpha value is -2.45. The fraction of sp³-hybridized carbons (Fsp3) is 0.350. The van der Waals surface area contributed by atoms with Gasteiger partial charge in [0.25, 0.3) is 0 Å². The van der Waals surface area contributed by atoms with E-state index in [1.165, 1.54) is 29.6 Å². The third-order valence-corrected chi connectivity index (χ3v) is 6.87. The Morgan fingerprint density at radius 3 is 2.36 bits per heavy atom. The Balaban J connectivity index is 1.61. The Morgan fingerprint density at radius 1 is 1.14 bits per heavy atom. The van der Waals surface area contributed by atoms with Gasteiger partial charge in [0, 0.05) is 24.7 Å². The van der Waals surface area contributed by atoms with Gasteiger partial charge in [0.15, 0.2) is 0 Å². The molecule has 28 heavy (non-hydrogen) atoms. The summed E-state index contributed by atoms with van der Waals surface area (Å²) in [4.78, 5) is 12.6. The van der Waals surface area contributed by atoms with Gasteiger partial charge in [0.1, 0.15) is 11.6 Å². The first-order valence-electron chi connectivity index (χ1n) is 9.02. The Morgan fingerprint density at radius 2 is 1.79 bits per heavy atom. The number of benzene rings is 2. The second-order valence-corrected chi connectivity index (χ2v) is 8.75. The number of carbonyl (C=O) groups excluding carboxylic acids is 1. The summed E-state index contributed by atoms with van der Waals surface area (Å²) in [5, 5.41) is 2.72. The minimum absolute atomic E-state index is 0.200. The van der Waals surface area contributed by atoms with Crippen LogP contribution in [0.2, 0.25) is 0 Å². The number of hydrogen-bond acceptors (Lipinski definition) is 4. The summed E-state index contributed by atoms with van der Waals surface area (Å²) >= 11 is 0. The van der Waals surface area contributed by atoms with Crippen LogP contribution in [0.25, 0.3) is 0 Å².